The summed E-state index contributed by atoms with van der Waals surface area (Å²) in [4.78, 5) is 24.8. The van der Waals surface area contributed by atoms with E-state index in [4.69, 9.17) is 17.3 Å². The van der Waals surface area contributed by atoms with Crippen LogP contribution in [0.15, 0.2) is 58.4 Å². The molecule has 44 heavy (non-hydrogen) atoms. The highest BCUT2D eigenvalue weighted by molar-refractivity contribution is 6.31. The van der Waals surface area contributed by atoms with Crippen LogP contribution in [0, 0.1) is 5.82 Å². The van der Waals surface area contributed by atoms with Gasteiger partial charge < -0.3 is 26.7 Å². The summed E-state index contributed by atoms with van der Waals surface area (Å²) in [7, 11) is 0. The average molecular weight is 619 g/mol. The van der Waals surface area contributed by atoms with Gasteiger partial charge in [0.05, 0.1) is 22.9 Å². The molecule has 6 rings (SSSR count). The Kier molecular flexibility index (Phi) is 9.30. The van der Waals surface area contributed by atoms with Gasteiger partial charge in [-0.25, -0.2) is 9.18 Å². The second-order valence-electron chi connectivity index (χ2n) is 12.0. The molecule has 4 aromatic rings. The normalized spacial score (nSPS) is 19.1. The number of hydrogen-bond donors (Lipinski definition) is 5. The third-order valence-electron chi connectivity index (χ3n) is 8.53. The molecule has 0 unspecified atom stereocenters. The van der Waals surface area contributed by atoms with E-state index in [2.05, 4.69) is 43.0 Å². The first kappa shape index (κ1) is 30.3. The van der Waals surface area contributed by atoms with Crippen LogP contribution >= 0.6 is 11.6 Å². The number of aromatic amines is 1. The third-order valence-corrected chi connectivity index (χ3v) is 8.80. The third kappa shape index (κ3) is 6.98. The fraction of sp³-hybridized carbons (Fsp3) is 0.424. The molecule has 2 aromatic carbocycles. The first-order valence-electron chi connectivity index (χ1n) is 15.6. The van der Waals surface area contributed by atoms with Crippen molar-refractivity contribution in [1.29, 1.82) is 0 Å². The molecule has 0 spiro atoms. The molecule has 0 saturated carbocycles. The van der Waals surface area contributed by atoms with Crippen LogP contribution in [-0.4, -0.2) is 52.2 Å². The van der Waals surface area contributed by atoms with Gasteiger partial charge in [-0.1, -0.05) is 30.2 Å². The van der Waals surface area contributed by atoms with Crippen molar-refractivity contribution in [3.63, 3.8) is 0 Å². The molecule has 2 aliphatic rings. The Bertz CT molecular complexity index is 1700. The molecule has 1 saturated heterocycles. The number of aromatic nitrogens is 3. The quantitative estimate of drug-likeness (QED) is 0.171. The molecule has 6 N–H and O–H groups in total. The van der Waals surface area contributed by atoms with E-state index in [0.717, 1.165) is 75.4 Å². The highest BCUT2D eigenvalue weighted by atomic mass is 35.5. The zero-order valence-corrected chi connectivity index (χ0v) is 25.8. The number of piperidine rings is 1. The van der Waals surface area contributed by atoms with Gasteiger partial charge in [-0.3, -0.25) is 9.56 Å². The number of guanidine groups is 1. The summed E-state index contributed by atoms with van der Waals surface area (Å²) in [6.45, 7) is 4.60. The minimum Gasteiger partial charge on any atom is -0.356 e. The van der Waals surface area contributed by atoms with Crippen LogP contribution in [0.3, 0.4) is 0 Å². The summed E-state index contributed by atoms with van der Waals surface area (Å²) in [5.74, 6) is 0.399. The number of aliphatic imine (C=N–C) groups is 1. The largest absolute Gasteiger partial charge is 0.356 e. The van der Waals surface area contributed by atoms with Gasteiger partial charge in [0.1, 0.15) is 5.65 Å². The van der Waals surface area contributed by atoms with E-state index in [9.17, 15) is 4.79 Å². The van der Waals surface area contributed by atoms with Crippen LogP contribution in [-0.2, 0) is 6.42 Å². The maximum Gasteiger partial charge on any atom is 0.354 e. The highest BCUT2D eigenvalue weighted by Crippen LogP contribution is 2.32. The van der Waals surface area contributed by atoms with E-state index in [-0.39, 0.29) is 17.1 Å². The number of nitrogens with one attached hydrogen (secondary N) is 4. The lowest BCUT2D eigenvalue weighted by atomic mass is 9.92. The van der Waals surface area contributed by atoms with Gasteiger partial charge in [0.15, 0.2) is 11.8 Å². The van der Waals surface area contributed by atoms with Crippen LogP contribution in [0.1, 0.15) is 62.6 Å². The monoisotopic (exact) mass is 618 g/mol. The Morgan fingerprint density at radius 3 is 2.82 bits per heavy atom. The van der Waals surface area contributed by atoms with E-state index in [1.165, 1.54) is 16.6 Å². The van der Waals surface area contributed by atoms with Crippen LogP contribution in [0.2, 0.25) is 5.02 Å². The Morgan fingerprint density at radius 1 is 1.20 bits per heavy atom. The number of nitrogens with zero attached hydrogens (tertiary/aromatic N) is 3. The Hall–Kier alpha value is -3.73. The number of rotatable bonds is 10. The summed E-state index contributed by atoms with van der Waals surface area (Å²) in [6.07, 6.45) is 8.68. The van der Waals surface area contributed by atoms with Gasteiger partial charge in [-0.05, 0) is 86.9 Å². The smallest absolute Gasteiger partial charge is 0.354 e. The van der Waals surface area contributed by atoms with E-state index in [1.807, 2.05) is 25.1 Å². The molecule has 2 aromatic heterocycles. The zero-order chi connectivity index (χ0) is 30.6. The number of H-pyrrole nitrogens is 1. The predicted molar refractivity (Wildman–Crippen MR) is 175 cm³/mol. The van der Waals surface area contributed by atoms with Crippen LogP contribution in [0.25, 0.3) is 28.0 Å². The number of aryl methyl sites for hydroxylation is 1. The lowest BCUT2D eigenvalue weighted by Crippen LogP contribution is -2.41. The molecule has 232 valence electrons. The summed E-state index contributed by atoms with van der Waals surface area (Å²) in [5.41, 5.74) is 9.61. The van der Waals surface area contributed by atoms with Gasteiger partial charge in [0, 0.05) is 48.4 Å². The van der Waals surface area contributed by atoms with Crippen molar-refractivity contribution in [3.8, 4) is 16.9 Å². The van der Waals surface area contributed by atoms with Crippen molar-refractivity contribution in [2.24, 2.45) is 10.7 Å². The Balaban J connectivity index is 1.16. The SMILES string of the molecule is C[C@H](N)CCCc1cc(Cl)c(F)c(-c2cc3cn(-c4ccc([C@@H]5CCC[C@@H](CCNC6=NCCN6)N5)cc4)c(=O)nc3[nH]2)c1. The second kappa shape index (κ2) is 13.5. The molecule has 3 atom stereocenters. The molecule has 0 aliphatic carbocycles. The number of benzene rings is 2. The standard InChI is InChI=1S/C33H40ClFN8O/c1-20(36)4-2-5-21-16-26(30(35)27(34)17-21)29-18-23-19-43(33(44)42-31(23)41-29)25-10-8-22(9-11-25)28-7-3-6-24(40-28)12-13-37-32-38-14-15-39-32/h8-11,16-20,24,28,40H,2-7,12-15,36H2,1H3,(H2,37,38,39)(H,41,42,44)/t20-,24-,28-/m0/s1. The topological polar surface area (TPSA) is 125 Å². The number of hydrogen-bond acceptors (Lipinski definition) is 7. The van der Waals surface area contributed by atoms with Gasteiger partial charge >= 0.3 is 5.69 Å². The fourth-order valence-corrected chi connectivity index (χ4v) is 6.44. The van der Waals surface area contributed by atoms with E-state index in [0.29, 0.717) is 28.3 Å². The van der Waals surface area contributed by atoms with Crippen molar-refractivity contribution < 1.29 is 4.39 Å². The van der Waals surface area contributed by atoms with Crippen molar-refractivity contribution >= 4 is 28.6 Å². The van der Waals surface area contributed by atoms with Gasteiger partial charge in [-0.15, -0.1) is 0 Å². The minimum atomic E-state index is -0.505. The molecule has 4 heterocycles. The maximum absolute atomic E-state index is 15.1. The van der Waals surface area contributed by atoms with Crippen LogP contribution in [0.5, 0.6) is 0 Å². The van der Waals surface area contributed by atoms with Crippen molar-refractivity contribution in [1.82, 2.24) is 30.5 Å². The van der Waals surface area contributed by atoms with Crippen LogP contribution in [0.4, 0.5) is 4.39 Å². The van der Waals surface area contributed by atoms with Crippen molar-refractivity contribution in [2.75, 3.05) is 19.6 Å². The van der Waals surface area contributed by atoms with Crippen molar-refractivity contribution in [3.05, 3.63) is 81.1 Å². The van der Waals surface area contributed by atoms with Gasteiger partial charge in [-0.2, -0.15) is 4.98 Å². The van der Waals surface area contributed by atoms with E-state index in [1.54, 1.807) is 18.3 Å². The summed E-state index contributed by atoms with van der Waals surface area (Å²) in [5, 5.41) is 11.2. The highest BCUT2D eigenvalue weighted by Gasteiger charge is 2.22. The molecular weight excluding hydrogens is 579 g/mol. The van der Waals surface area contributed by atoms with Crippen LogP contribution < -0.4 is 27.4 Å². The molecule has 11 heteroatoms. The molecule has 0 bridgehead atoms. The minimum absolute atomic E-state index is 0.0661. The Morgan fingerprint density at radius 2 is 2.05 bits per heavy atom. The molecular formula is C33H40ClFN8O. The summed E-state index contributed by atoms with van der Waals surface area (Å²) < 4.78 is 16.7. The molecule has 1 fully saturated rings. The number of nitrogens with two attached hydrogens (primary N) is 1. The van der Waals surface area contributed by atoms with Gasteiger partial charge in [0.25, 0.3) is 0 Å². The summed E-state index contributed by atoms with van der Waals surface area (Å²) >= 11 is 6.27. The zero-order valence-electron chi connectivity index (χ0n) is 25.0. The average Bonchev–Trinajstić information content (AvgIpc) is 3.68. The first-order chi connectivity index (χ1) is 21.3. The van der Waals surface area contributed by atoms with E-state index < -0.39 is 11.5 Å². The number of halogens is 2. The predicted octanol–water partition coefficient (Wildman–Crippen LogP) is 4.97. The lowest BCUT2D eigenvalue weighted by Gasteiger charge is -2.31. The first-order valence-corrected chi connectivity index (χ1v) is 16.0. The Labute approximate surface area is 261 Å². The maximum atomic E-state index is 15.1. The number of fused-ring (bicyclic) bond motifs is 1. The molecule has 2 aliphatic heterocycles. The van der Waals surface area contributed by atoms with Crippen molar-refractivity contribution in [2.45, 2.75) is 70.0 Å². The molecule has 0 amide bonds. The molecule has 0 radical (unpaired) electrons. The van der Waals surface area contributed by atoms with E-state index >= 15 is 4.39 Å². The second-order valence-corrected chi connectivity index (χ2v) is 12.4. The lowest BCUT2D eigenvalue weighted by molar-refractivity contribution is 0.312. The fourth-order valence-electron chi connectivity index (χ4n) is 6.20. The van der Waals surface area contributed by atoms with Gasteiger partial charge in [0.2, 0.25) is 0 Å². The molecule has 9 nitrogen and oxygen atoms in total. The summed E-state index contributed by atoms with van der Waals surface area (Å²) in [6, 6.07) is 14.2.